The summed E-state index contributed by atoms with van der Waals surface area (Å²) in [6.45, 7) is 3.90. The summed E-state index contributed by atoms with van der Waals surface area (Å²) >= 11 is 0. The van der Waals surface area contributed by atoms with E-state index in [0.29, 0.717) is 24.1 Å². The van der Waals surface area contributed by atoms with E-state index in [4.69, 9.17) is 14.9 Å². The van der Waals surface area contributed by atoms with Gasteiger partial charge in [0, 0.05) is 17.8 Å². The van der Waals surface area contributed by atoms with Crippen LogP contribution < -0.4 is 15.8 Å². The minimum absolute atomic E-state index is 0.0157. The first kappa shape index (κ1) is 26.9. The van der Waals surface area contributed by atoms with Crippen LogP contribution in [-0.2, 0) is 19.6 Å². The molecule has 0 radical (unpaired) electrons. The van der Waals surface area contributed by atoms with Crippen LogP contribution in [0.2, 0.25) is 0 Å². The fraction of sp³-hybridized carbons (Fsp3) is 0.320. The smallest absolute Gasteiger partial charge is 0.328 e. The molecule has 0 spiro atoms. The number of hydrogen-bond acceptors (Lipinski definition) is 8. The van der Waals surface area contributed by atoms with E-state index in [1.807, 2.05) is 6.92 Å². The van der Waals surface area contributed by atoms with Gasteiger partial charge in [-0.2, -0.15) is 0 Å². The van der Waals surface area contributed by atoms with Crippen LogP contribution in [0, 0.1) is 6.92 Å². The molecule has 0 saturated heterocycles. The van der Waals surface area contributed by atoms with Gasteiger partial charge in [-0.05, 0) is 69.5 Å². The third kappa shape index (κ3) is 7.40. The molecule has 0 saturated carbocycles. The van der Waals surface area contributed by atoms with E-state index in [1.54, 1.807) is 55.5 Å². The summed E-state index contributed by atoms with van der Waals surface area (Å²) in [6.07, 6.45) is 2.40. The highest BCUT2D eigenvalue weighted by molar-refractivity contribution is 7.89. The van der Waals surface area contributed by atoms with Gasteiger partial charge < -0.3 is 20.2 Å². The molecule has 1 amide bonds. The molecule has 0 aliphatic rings. The maximum absolute atomic E-state index is 12.7. The van der Waals surface area contributed by atoms with Gasteiger partial charge in [0.2, 0.25) is 15.9 Å². The quantitative estimate of drug-likeness (QED) is 0.189. The van der Waals surface area contributed by atoms with Crippen LogP contribution >= 0.6 is 0 Å². The van der Waals surface area contributed by atoms with Crippen LogP contribution in [-0.4, -0.2) is 44.5 Å². The van der Waals surface area contributed by atoms with Crippen molar-refractivity contribution in [3.05, 3.63) is 66.1 Å². The van der Waals surface area contributed by atoms with E-state index in [-0.39, 0.29) is 36.1 Å². The lowest BCUT2D eigenvalue weighted by molar-refractivity contribution is -0.145. The molecule has 4 N–H and O–H groups in total. The van der Waals surface area contributed by atoms with Crippen LogP contribution in [0.3, 0.4) is 0 Å². The number of aryl methyl sites for hydroxylation is 1. The molecule has 10 nitrogen and oxygen atoms in total. The summed E-state index contributed by atoms with van der Waals surface area (Å²) in [4.78, 5) is 29.5. The van der Waals surface area contributed by atoms with Crippen molar-refractivity contribution >= 4 is 27.6 Å². The number of nitrogens with two attached hydrogens (primary N) is 1. The number of aromatic nitrogens is 1. The Morgan fingerprint density at radius 3 is 2.44 bits per heavy atom. The Labute approximate surface area is 210 Å². The van der Waals surface area contributed by atoms with E-state index in [9.17, 15) is 18.0 Å². The molecule has 11 heteroatoms. The number of unbranched alkanes of at least 4 members (excludes halogenated alkanes) is 1. The number of anilines is 1. The molecule has 1 heterocycles. The summed E-state index contributed by atoms with van der Waals surface area (Å²) in [5, 5.41) is 2.64. The number of amides is 1. The Bertz CT molecular complexity index is 1270. The first-order valence-corrected chi connectivity index (χ1v) is 13.0. The molecule has 0 aliphatic heterocycles. The zero-order valence-corrected chi connectivity index (χ0v) is 21.0. The summed E-state index contributed by atoms with van der Waals surface area (Å²) in [5.74, 6) is -0.916. The zero-order valence-electron chi connectivity index (χ0n) is 20.2. The van der Waals surface area contributed by atoms with Crippen LogP contribution in [0.4, 0.5) is 5.69 Å². The summed E-state index contributed by atoms with van der Waals surface area (Å²) in [5.41, 5.74) is 7.90. The Kier molecular flexibility index (Phi) is 9.20. The fourth-order valence-electron chi connectivity index (χ4n) is 3.34. The largest absolute Gasteiger partial charge is 0.464 e. The van der Waals surface area contributed by atoms with Gasteiger partial charge >= 0.3 is 5.97 Å². The van der Waals surface area contributed by atoms with Crippen molar-refractivity contribution in [2.75, 3.05) is 18.9 Å². The van der Waals surface area contributed by atoms with Gasteiger partial charge in [-0.3, -0.25) is 4.79 Å². The number of carbonyl (C=O) groups is 2. The predicted molar refractivity (Wildman–Crippen MR) is 134 cm³/mol. The second-order valence-electron chi connectivity index (χ2n) is 8.14. The van der Waals surface area contributed by atoms with Crippen LogP contribution in [0.5, 0.6) is 0 Å². The average Bonchev–Trinajstić information content (AvgIpc) is 3.34. The molecule has 0 fully saturated rings. The Balaban J connectivity index is 1.54. The first-order chi connectivity index (χ1) is 17.2. The Morgan fingerprint density at radius 2 is 1.78 bits per heavy atom. The van der Waals surface area contributed by atoms with Crippen molar-refractivity contribution in [2.45, 2.75) is 44.0 Å². The van der Waals surface area contributed by atoms with Gasteiger partial charge in [0.15, 0.2) is 5.69 Å². The molecule has 0 aliphatic carbocycles. The van der Waals surface area contributed by atoms with Crippen molar-refractivity contribution in [1.82, 2.24) is 15.0 Å². The fourth-order valence-corrected chi connectivity index (χ4v) is 4.42. The number of nitrogens with zero attached hydrogens (tertiary/aromatic N) is 1. The number of sulfonamides is 1. The number of carbonyl (C=O) groups excluding carboxylic acids is 2. The van der Waals surface area contributed by atoms with Crippen LogP contribution in [0.15, 0.2) is 64.1 Å². The van der Waals surface area contributed by atoms with Gasteiger partial charge in [-0.25, -0.2) is 22.9 Å². The first-order valence-electron chi connectivity index (χ1n) is 11.5. The molecule has 2 aromatic carbocycles. The lowest BCUT2D eigenvalue weighted by Crippen LogP contribution is -2.42. The number of rotatable bonds is 12. The van der Waals surface area contributed by atoms with Crippen molar-refractivity contribution < 1.29 is 27.2 Å². The zero-order chi connectivity index (χ0) is 26.1. The highest BCUT2D eigenvalue weighted by Gasteiger charge is 2.24. The lowest BCUT2D eigenvalue weighted by atomic mass is 10.1. The van der Waals surface area contributed by atoms with Gasteiger partial charge in [0.1, 0.15) is 12.3 Å². The second-order valence-corrected chi connectivity index (χ2v) is 9.91. The molecule has 1 unspecified atom stereocenters. The van der Waals surface area contributed by atoms with Crippen molar-refractivity contribution in [3.63, 3.8) is 0 Å². The lowest BCUT2D eigenvalue weighted by Gasteiger charge is -2.16. The Morgan fingerprint density at radius 1 is 1.08 bits per heavy atom. The molecule has 3 rings (SSSR count). The molecule has 0 bridgehead atoms. The summed E-state index contributed by atoms with van der Waals surface area (Å²) in [7, 11) is -3.62. The summed E-state index contributed by atoms with van der Waals surface area (Å²) in [6, 6.07) is 12.5. The van der Waals surface area contributed by atoms with E-state index >= 15 is 0 Å². The van der Waals surface area contributed by atoms with Crippen molar-refractivity contribution in [3.8, 4) is 11.5 Å². The minimum Gasteiger partial charge on any atom is -0.464 e. The summed E-state index contributed by atoms with van der Waals surface area (Å²) < 4.78 is 37.8. The highest BCUT2D eigenvalue weighted by Crippen LogP contribution is 2.20. The third-order valence-corrected chi connectivity index (χ3v) is 6.79. The van der Waals surface area contributed by atoms with Gasteiger partial charge in [-0.15, -0.1) is 0 Å². The molecule has 1 atom stereocenters. The number of benzene rings is 2. The number of ether oxygens (including phenoxy) is 1. The van der Waals surface area contributed by atoms with Crippen molar-refractivity contribution in [2.24, 2.45) is 0 Å². The predicted octanol–water partition coefficient (Wildman–Crippen LogP) is 3.04. The molecule has 192 valence electrons. The normalized spacial score (nSPS) is 12.2. The maximum Gasteiger partial charge on any atom is 0.328 e. The maximum atomic E-state index is 12.7. The topological polar surface area (TPSA) is 154 Å². The van der Waals surface area contributed by atoms with E-state index in [0.717, 1.165) is 5.56 Å². The molecule has 36 heavy (non-hydrogen) atoms. The number of nitrogens with one attached hydrogen (secondary N) is 2. The Hall–Kier alpha value is -3.70. The van der Waals surface area contributed by atoms with Crippen LogP contribution in [0.1, 0.15) is 42.2 Å². The number of esters is 1. The van der Waals surface area contributed by atoms with E-state index in [2.05, 4.69) is 15.0 Å². The number of oxazole rings is 1. The highest BCUT2D eigenvalue weighted by atomic mass is 32.2. The monoisotopic (exact) mass is 514 g/mol. The third-order valence-electron chi connectivity index (χ3n) is 5.31. The molecule has 1 aromatic heterocycles. The molecular formula is C25H30N4O6S. The van der Waals surface area contributed by atoms with Gasteiger partial charge in [0.25, 0.3) is 5.91 Å². The van der Waals surface area contributed by atoms with E-state index in [1.165, 1.54) is 6.26 Å². The molecular weight excluding hydrogens is 484 g/mol. The van der Waals surface area contributed by atoms with E-state index < -0.39 is 27.9 Å². The molecule has 3 aromatic rings. The number of hydrogen-bond donors (Lipinski definition) is 3. The second kappa shape index (κ2) is 12.3. The average molecular weight is 515 g/mol. The van der Waals surface area contributed by atoms with Gasteiger partial charge in [-0.1, -0.05) is 17.7 Å². The van der Waals surface area contributed by atoms with Gasteiger partial charge in [0.05, 0.1) is 11.5 Å². The SMILES string of the molecule is CCOC(=O)C(CCCCNS(=O)(=O)c1ccc(C)cc1)NC(=O)c1coc(-c2ccc(N)cc2)n1. The minimum atomic E-state index is -3.62. The van der Waals surface area contributed by atoms with Crippen molar-refractivity contribution in [1.29, 1.82) is 0 Å². The number of nitrogen functional groups attached to an aromatic ring is 1. The van der Waals surface area contributed by atoms with Crippen LogP contribution in [0.25, 0.3) is 11.5 Å². The standard InChI is InChI=1S/C25H30N4O6S/c1-3-34-25(31)21(6-4-5-15-27-36(32,33)20-13-7-17(2)8-14-20)28-23(30)22-16-35-24(29-22)18-9-11-19(26)12-10-18/h7-14,16,21,27H,3-6,15,26H2,1-2H3,(H,28,30).